The minimum absolute atomic E-state index is 0.0931. The number of anilines is 1. The van der Waals surface area contributed by atoms with Gasteiger partial charge in [0, 0.05) is 19.2 Å². The number of likely N-dealkylation sites (N-methyl/N-ethyl adjacent to an activating group) is 1. The maximum Gasteiger partial charge on any atom is 0.221 e. The lowest BCUT2D eigenvalue weighted by molar-refractivity contribution is -0.114. The molecular weight excluding hydrogens is 324 g/mol. The number of hydrogen-bond donors (Lipinski definition) is 1. The van der Waals surface area contributed by atoms with E-state index in [0.717, 1.165) is 24.6 Å². The monoisotopic (exact) mass is 354 g/mol. The molecule has 0 spiro atoms. The van der Waals surface area contributed by atoms with E-state index in [1.165, 1.54) is 6.92 Å². The van der Waals surface area contributed by atoms with Gasteiger partial charge in [0.1, 0.15) is 12.4 Å². The molecule has 0 heterocycles. The highest BCUT2D eigenvalue weighted by atomic mass is 16.6. The topological polar surface area (TPSA) is 69.3 Å². The van der Waals surface area contributed by atoms with Gasteiger partial charge >= 0.3 is 0 Å². The molecule has 25 heavy (non-hydrogen) atoms. The second-order valence-corrected chi connectivity index (χ2v) is 5.69. The summed E-state index contributed by atoms with van der Waals surface area (Å²) < 4.78 is 21.8. The fraction of sp³-hybridized carbons (Fsp3) is 0.611. The Morgan fingerprint density at radius 1 is 0.880 bits per heavy atom. The van der Waals surface area contributed by atoms with Gasteiger partial charge in [0.05, 0.1) is 39.6 Å². The highest BCUT2D eigenvalue weighted by Crippen LogP contribution is 2.15. The maximum absolute atomic E-state index is 10.9. The quantitative estimate of drug-likeness (QED) is 0.512. The van der Waals surface area contributed by atoms with Crippen molar-refractivity contribution < 1.29 is 23.7 Å². The summed E-state index contributed by atoms with van der Waals surface area (Å²) in [6.07, 6.45) is 0. The molecule has 0 aromatic heterocycles. The van der Waals surface area contributed by atoms with Crippen molar-refractivity contribution in [3.63, 3.8) is 0 Å². The number of nitrogens with zero attached hydrogens (tertiary/aromatic N) is 1. The van der Waals surface area contributed by atoms with Crippen LogP contribution in [-0.4, -0.2) is 77.7 Å². The Balaban J connectivity index is 1.91. The highest BCUT2D eigenvalue weighted by Gasteiger charge is 1.98. The normalized spacial score (nSPS) is 10.9. The molecule has 0 aliphatic carbocycles. The average Bonchev–Trinajstić information content (AvgIpc) is 2.56. The van der Waals surface area contributed by atoms with E-state index in [9.17, 15) is 4.79 Å². The Bertz CT molecular complexity index is 465. The third-order valence-electron chi connectivity index (χ3n) is 3.10. The summed E-state index contributed by atoms with van der Waals surface area (Å²) in [5, 5.41) is 2.70. The standard InChI is InChI=1S/C18H30N2O5/c1-16(21)19-17-4-6-18(7-5-17)25-15-14-24-13-12-23-11-10-22-9-8-20(2)3/h4-7H,8-15H2,1-3H3,(H,19,21). The van der Waals surface area contributed by atoms with Crippen LogP contribution < -0.4 is 10.1 Å². The SMILES string of the molecule is CC(=O)Nc1ccc(OCCOCCOCCOCCN(C)C)cc1. The van der Waals surface area contributed by atoms with Crippen LogP contribution in [0.25, 0.3) is 0 Å². The molecular formula is C18H30N2O5. The highest BCUT2D eigenvalue weighted by molar-refractivity contribution is 5.88. The van der Waals surface area contributed by atoms with Crippen molar-refractivity contribution in [2.24, 2.45) is 0 Å². The zero-order valence-electron chi connectivity index (χ0n) is 15.5. The molecule has 0 aliphatic heterocycles. The summed E-state index contributed by atoms with van der Waals surface area (Å²) >= 11 is 0. The molecule has 0 unspecified atom stereocenters. The van der Waals surface area contributed by atoms with E-state index in [2.05, 4.69) is 10.2 Å². The maximum atomic E-state index is 10.9. The van der Waals surface area contributed by atoms with Gasteiger partial charge in [-0.15, -0.1) is 0 Å². The second-order valence-electron chi connectivity index (χ2n) is 5.69. The molecule has 0 bridgehead atoms. The molecule has 142 valence electrons. The molecule has 0 atom stereocenters. The van der Waals surface area contributed by atoms with Crippen LogP contribution in [0.15, 0.2) is 24.3 Å². The van der Waals surface area contributed by atoms with Crippen molar-refractivity contribution >= 4 is 11.6 Å². The second kappa shape index (κ2) is 13.6. The van der Waals surface area contributed by atoms with E-state index in [1.807, 2.05) is 26.2 Å². The van der Waals surface area contributed by atoms with Gasteiger partial charge in [0.25, 0.3) is 0 Å². The number of hydrogen-bond acceptors (Lipinski definition) is 6. The summed E-state index contributed by atoms with van der Waals surface area (Å²) in [7, 11) is 4.03. The van der Waals surface area contributed by atoms with E-state index >= 15 is 0 Å². The van der Waals surface area contributed by atoms with E-state index in [-0.39, 0.29) is 5.91 Å². The Hall–Kier alpha value is -1.67. The number of rotatable bonds is 14. The average molecular weight is 354 g/mol. The molecule has 0 saturated carbocycles. The fourth-order valence-corrected chi connectivity index (χ4v) is 1.85. The van der Waals surface area contributed by atoms with Gasteiger partial charge in [-0.1, -0.05) is 0 Å². The summed E-state index contributed by atoms with van der Waals surface area (Å²) in [4.78, 5) is 13.0. The number of benzene rings is 1. The van der Waals surface area contributed by atoms with Crippen LogP contribution in [0.3, 0.4) is 0 Å². The number of nitrogens with one attached hydrogen (secondary N) is 1. The number of carbonyl (C=O) groups excluding carboxylic acids is 1. The Morgan fingerprint density at radius 3 is 1.92 bits per heavy atom. The first-order valence-corrected chi connectivity index (χ1v) is 8.46. The number of ether oxygens (including phenoxy) is 4. The van der Waals surface area contributed by atoms with Gasteiger partial charge in [-0.3, -0.25) is 4.79 Å². The van der Waals surface area contributed by atoms with E-state index in [0.29, 0.717) is 39.6 Å². The van der Waals surface area contributed by atoms with Crippen LogP contribution in [-0.2, 0) is 19.0 Å². The van der Waals surface area contributed by atoms with Gasteiger partial charge in [0.15, 0.2) is 0 Å². The third kappa shape index (κ3) is 12.4. The predicted octanol–water partition coefficient (Wildman–Crippen LogP) is 1.64. The van der Waals surface area contributed by atoms with E-state index < -0.39 is 0 Å². The molecule has 1 rings (SSSR count). The lowest BCUT2D eigenvalue weighted by Gasteiger charge is -2.10. The van der Waals surface area contributed by atoms with Crippen LogP contribution >= 0.6 is 0 Å². The van der Waals surface area contributed by atoms with Gasteiger partial charge < -0.3 is 29.2 Å². The largest absolute Gasteiger partial charge is 0.491 e. The molecule has 1 aromatic rings. The summed E-state index contributed by atoms with van der Waals surface area (Å²) in [5.41, 5.74) is 0.749. The van der Waals surface area contributed by atoms with Crippen molar-refractivity contribution in [3.05, 3.63) is 24.3 Å². The lowest BCUT2D eigenvalue weighted by atomic mass is 10.3. The van der Waals surface area contributed by atoms with Gasteiger partial charge in [0.2, 0.25) is 5.91 Å². The predicted molar refractivity (Wildman–Crippen MR) is 97.3 cm³/mol. The Labute approximate surface area is 150 Å². The van der Waals surface area contributed by atoms with Gasteiger partial charge in [-0.2, -0.15) is 0 Å². The molecule has 0 aliphatic rings. The minimum atomic E-state index is -0.0931. The van der Waals surface area contributed by atoms with Crippen molar-refractivity contribution in [2.45, 2.75) is 6.92 Å². The molecule has 0 saturated heterocycles. The van der Waals surface area contributed by atoms with Gasteiger partial charge in [-0.25, -0.2) is 0 Å². The molecule has 7 nitrogen and oxygen atoms in total. The molecule has 1 aromatic carbocycles. The zero-order valence-corrected chi connectivity index (χ0v) is 15.5. The molecule has 1 N–H and O–H groups in total. The lowest BCUT2D eigenvalue weighted by Crippen LogP contribution is -2.19. The van der Waals surface area contributed by atoms with Crippen molar-refractivity contribution in [2.75, 3.05) is 72.2 Å². The minimum Gasteiger partial charge on any atom is -0.491 e. The van der Waals surface area contributed by atoms with Crippen molar-refractivity contribution in [1.82, 2.24) is 4.90 Å². The van der Waals surface area contributed by atoms with Crippen molar-refractivity contribution in [3.8, 4) is 5.75 Å². The molecule has 7 heteroatoms. The molecule has 0 fully saturated rings. The first-order valence-electron chi connectivity index (χ1n) is 8.46. The Kier molecular flexibility index (Phi) is 11.6. The summed E-state index contributed by atoms with van der Waals surface area (Å²) in [5.74, 6) is 0.647. The Morgan fingerprint density at radius 2 is 1.40 bits per heavy atom. The fourth-order valence-electron chi connectivity index (χ4n) is 1.85. The zero-order chi connectivity index (χ0) is 18.3. The van der Waals surface area contributed by atoms with Crippen LogP contribution in [0.1, 0.15) is 6.92 Å². The first kappa shape index (κ1) is 21.4. The third-order valence-corrected chi connectivity index (χ3v) is 3.10. The first-order chi connectivity index (χ1) is 12.1. The van der Waals surface area contributed by atoms with Crippen LogP contribution in [0.4, 0.5) is 5.69 Å². The van der Waals surface area contributed by atoms with Crippen molar-refractivity contribution in [1.29, 1.82) is 0 Å². The number of carbonyl (C=O) groups is 1. The summed E-state index contributed by atoms with van der Waals surface area (Å²) in [6, 6.07) is 7.22. The van der Waals surface area contributed by atoms with E-state index in [4.69, 9.17) is 18.9 Å². The summed E-state index contributed by atoms with van der Waals surface area (Å²) in [6.45, 7) is 6.33. The molecule has 0 radical (unpaired) electrons. The smallest absolute Gasteiger partial charge is 0.221 e. The van der Waals surface area contributed by atoms with E-state index in [1.54, 1.807) is 12.1 Å². The molecule has 1 amide bonds. The van der Waals surface area contributed by atoms with Crippen LogP contribution in [0, 0.1) is 0 Å². The van der Waals surface area contributed by atoms with Crippen LogP contribution in [0.2, 0.25) is 0 Å². The number of amides is 1. The van der Waals surface area contributed by atoms with Crippen LogP contribution in [0.5, 0.6) is 5.75 Å². The van der Waals surface area contributed by atoms with Gasteiger partial charge in [-0.05, 0) is 38.4 Å².